The van der Waals surface area contributed by atoms with Crippen LogP contribution >= 0.6 is 12.2 Å². The number of thiocarbonyl (C=S) groups is 1. The average molecular weight is 217 g/mol. The van der Waals surface area contributed by atoms with E-state index in [1.54, 1.807) is 0 Å². The summed E-state index contributed by atoms with van der Waals surface area (Å²) in [6, 6.07) is 10.5. The molecule has 0 N–H and O–H groups in total. The van der Waals surface area contributed by atoms with Crippen LogP contribution in [0.25, 0.3) is 0 Å². The van der Waals surface area contributed by atoms with Crippen molar-refractivity contribution in [2.24, 2.45) is 5.92 Å². The molecule has 0 saturated heterocycles. The molecule has 2 rings (SSSR count). The summed E-state index contributed by atoms with van der Waals surface area (Å²) in [5.41, 5.74) is 1.34. The molecule has 2 heteroatoms. The molecule has 0 bridgehead atoms. The summed E-state index contributed by atoms with van der Waals surface area (Å²) in [6.07, 6.45) is 4.30. The summed E-state index contributed by atoms with van der Waals surface area (Å²) >= 11 is 5.40. The zero-order valence-corrected chi connectivity index (χ0v) is 9.87. The second kappa shape index (κ2) is 4.15. The molecule has 1 nitrogen and oxygen atoms in total. The molecule has 0 saturated carbocycles. The molecule has 1 aliphatic heterocycles. The molecule has 2 atom stereocenters. The van der Waals surface area contributed by atoms with Crippen LogP contribution < -0.4 is 0 Å². The smallest absolute Gasteiger partial charge is 0.0854 e. The Balaban J connectivity index is 2.32. The van der Waals surface area contributed by atoms with E-state index < -0.39 is 0 Å². The molecule has 0 aliphatic carbocycles. The zero-order chi connectivity index (χ0) is 10.8. The maximum Gasteiger partial charge on any atom is 0.0854 e. The van der Waals surface area contributed by atoms with E-state index in [0.717, 1.165) is 4.99 Å². The topological polar surface area (TPSA) is 3.24 Å². The maximum absolute atomic E-state index is 5.40. The molecule has 0 amide bonds. The van der Waals surface area contributed by atoms with Crippen LogP contribution in [0.1, 0.15) is 18.4 Å². The SMILES string of the molecule is CC1C(=S)N(C)C=CC1c1ccccc1. The summed E-state index contributed by atoms with van der Waals surface area (Å²) in [5.74, 6) is 0.826. The molecule has 78 valence electrons. The zero-order valence-electron chi connectivity index (χ0n) is 9.05. The van der Waals surface area contributed by atoms with Crippen molar-refractivity contribution in [3.8, 4) is 0 Å². The molecule has 1 aromatic rings. The lowest BCUT2D eigenvalue weighted by Gasteiger charge is -2.31. The molecular weight excluding hydrogens is 202 g/mol. The van der Waals surface area contributed by atoms with E-state index in [-0.39, 0.29) is 0 Å². The minimum atomic E-state index is 0.400. The van der Waals surface area contributed by atoms with E-state index in [1.165, 1.54) is 5.56 Å². The summed E-state index contributed by atoms with van der Waals surface area (Å²) in [6.45, 7) is 2.19. The monoisotopic (exact) mass is 217 g/mol. The Morgan fingerprint density at radius 1 is 1.20 bits per heavy atom. The Bertz CT molecular complexity index is 383. The second-order valence-electron chi connectivity index (χ2n) is 4.02. The first kappa shape index (κ1) is 10.4. The summed E-state index contributed by atoms with van der Waals surface area (Å²) < 4.78 is 0. The van der Waals surface area contributed by atoms with Gasteiger partial charge in [-0.15, -0.1) is 0 Å². The number of rotatable bonds is 1. The highest BCUT2D eigenvalue weighted by Gasteiger charge is 2.25. The third-order valence-electron chi connectivity index (χ3n) is 2.98. The summed E-state index contributed by atoms with van der Waals surface area (Å²) in [7, 11) is 2.01. The first-order valence-corrected chi connectivity index (χ1v) is 5.61. The molecular formula is C13H15NS. The van der Waals surface area contributed by atoms with Crippen LogP contribution in [0.15, 0.2) is 42.6 Å². The normalized spacial score (nSPS) is 25.7. The van der Waals surface area contributed by atoms with Gasteiger partial charge in [-0.1, -0.05) is 55.5 Å². The van der Waals surface area contributed by atoms with E-state index in [0.29, 0.717) is 11.8 Å². The number of allylic oxidation sites excluding steroid dienone is 1. The van der Waals surface area contributed by atoms with Gasteiger partial charge in [-0.2, -0.15) is 0 Å². The maximum atomic E-state index is 5.40. The fourth-order valence-corrected chi connectivity index (χ4v) is 2.22. The van der Waals surface area contributed by atoms with Gasteiger partial charge in [-0.05, 0) is 5.56 Å². The third-order valence-corrected chi connectivity index (χ3v) is 3.64. The van der Waals surface area contributed by atoms with Gasteiger partial charge in [0.05, 0.1) is 4.99 Å². The number of nitrogens with zero attached hydrogens (tertiary/aromatic N) is 1. The first-order chi connectivity index (χ1) is 7.20. The van der Waals surface area contributed by atoms with Crippen LogP contribution in [0.2, 0.25) is 0 Å². The Morgan fingerprint density at radius 2 is 1.87 bits per heavy atom. The van der Waals surface area contributed by atoms with Gasteiger partial charge in [0.25, 0.3) is 0 Å². The van der Waals surface area contributed by atoms with Crippen LogP contribution in [0, 0.1) is 5.92 Å². The predicted molar refractivity (Wildman–Crippen MR) is 67.8 cm³/mol. The molecule has 1 heterocycles. The minimum absolute atomic E-state index is 0.400. The molecule has 15 heavy (non-hydrogen) atoms. The largest absolute Gasteiger partial charge is 0.346 e. The molecule has 0 aromatic heterocycles. The van der Waals surface area contributed by atoms with Gasteiger partial charge in [0.1, 0.15) is 0 Å². The van der Waals surface area contributed by atoms with Crippen LogP contribution in [-0.4, -0.2) is 16.9 Å². The lowest BCUT2D eigenvalue weighted by atomic mass is 9.85. The Kier molecular flexibility index (Phi) is 2.87. The van der Waals surface area contributed by atoms with Crippen molar-refractivity contribution >= 4 is 17.2 Å². The van der Waals surface area contributed by atoms with Crippen molar-refractivity contribution in [3.05, 3.63) is 48.2 Å². The summed E-state index contributed by atoms with van der Waals surface area (Å²) in [5, 5.41) is 0. The lowest BCUT2D eigenvalue weighted by molar-refractivity contribution is 0.549. The lowest BCUT2D eigenvalue weighted by Crippen LogP contribution is -2.32. The molecule has 0 spiro atoms. The van der Waals surface area contributed by atoms with E-state index >= 15 is 0 Å². The first-order valence-electron chi connectivity index (χ1n) is 5.20. The van der Waals surface area contributed by atoms with E-state index in [4.69, 9.17) is 12.2 Å². The van der Waals surface area contributed by atoms with Gasteiger partial charge >= 0.3 is 0 Å². The minimum Gasteiger partial charge on any atom is -0.346 e. The van der Waals surface area contributed by atoms with Gasteiger partial charge in [-0.3, -0.25) is 0 Å². The number of hydrogen-bond donors (Lipinski definition) is 0. The average Bonchev–Trinajstić information content (AvgIpc) is 2.27. The molecule has 1 aliphatic rings. The Morgan fingerprint density at radius 3 is 2.53 bits per heavy atom. The van der Waals surface area contributed by atoms with Gasteiger partial charge in [-0.25, -0.2) is 0 Å². The van der Waals surface area contributed by atoms with Crippen molar-refractivity contribution in [2.45, 2.75) is 12.8 Å². The Labute approximate surface area is 96.4 Å². The molecule has 2 unspecified atom stereocenters. The number of hydrogen-bond acceptors (Lipinski definition) is 1. The molecule has 0 radical (unpaired) electrons. The predicted octanol–water partition coefficient (Wildman–Crippen LogP) is 3.19. The molecule has 1 aromatic carbocycles. The standard InChI is InChI=1S/C13H15NS/c1-10-12(8-9-14(2)13(10)15)11-6-4-3-5-7-11/h3-10,12H,1-2H3. The second-order valence-corrected chi connectivity index (χ2v) is 4.43. The van der Waals surface area contributed by atoms with Crippen LogP contribution in [0.5, 0.6) is 0 Å². The van der Waals surface area contributed by atoms with Crippen LogP contribution in [0.3, 0.4) is 0 Å². The molecule has 0 fully saturated rings. The highest BCUT2D eigenvalue weighted by molar-refractivity contribution is 7.80. The van der Waals surface area contributed by atoms with Gasteiger partial charge in [0.2, 0.25) is 0 Å². The fraction of sp³-hybridized carbons (Fsp3) is 0.308. The van der Waals surface area contributed by atoms with Crippen molar-refractivity contribution in [2.75, 3.05) is 7.05 Å². The van der Waals surface area contributed by atoms with Crippen molar-refractivity contribution in [1.29, 1.82) is 0 Å². The fourth-order valence-electron chi connectivity index (χ4n) is 2.01. The van der Waals surface area contributed by atoms with Crippen molar-refractivity contribution < 1.29 is 0 Å². The van der Waals surface area contributed by atoms with Gasteiger partial charge in [0, 0.05) is 25.1 Å². The van der Waals surface area contributed by atoms with Gasteiger partial charge in [0.15, 0.2) is 0 Å². The van der Waals surface area contributed by atoms with Crippen molar-refractivity contribution in [1.82, 2.24) is 4.90 Å². The third kappa shape index (κ3) is 1.95. The quantitative estimate of drug-likeness (QED) is 0.665. The summed E-state index contributed by atoms with van der Waals surface area (Å²) in [4.78, 5) is 3.05. The van der Waals surface area contributed by atoms with E-state index in [1.807, 2.05) is 18.0 Å². The van der Waals surface area contributed by atoms with Crippen LogP contribution in [-0.2, 0) is 0 Å². The highest BCUT2D eigenvalue weighted by atomic mass is 32.1. The van der Waals surface area contributed by atoms with E-state index in [2.05, 4.69) is 43.5 Å². The van der Waals surface area contributed by atoms with Gasteiger partial charge < -0.3 is 4.90 Å². The number of benzene rings is 1. The highest BCUT2D eigenvalue weighted by Crippen LogP contribution is 2.31. The Hall–Kier alpha value is -1.15. The van der Waals surface area contributed by atoms with E-state index in [9.17, 15) is 0 Å². The van der Waals surface area contributed by atoms with Crippen LogP contribution in [0.4, 0.5) is 0 Å². The van der Waals surface area contributed by atoms with Crippen molar-refractivity contribution in [3.63, 3.8) is 0 Å².